The van der Waals surface area contributed by atoms with Crippen molar-refractivity contribution in [2.24, 2.45) is 4.99 Å². The summed E-state index contributed by atoms with van der Waals surface area (Å²) in [5.74, 6) is 1.30. The highest BCUT2D eigenvalue weighted by Gasteiger charge is 1.98. The molecule has 6 heteroatoms. The van der Waals surface area contributed by atoms with E-state index in [1.165, 1.54) is 12.1 Å². The van der Waals surface area contributed by atoms with Crippen LogP contribution in [0.5, 0.6) is 5.75 Å². The van der Waals surface area contributed by atoms with E-state index in [4.69, 9.17) is 9.47 Å². The van der Waals surface area contributed by atoms with E-state index in [0.29, 0.717) is 12.4 Å². The summed E-state index contributed by atoms with van der Waals surface area (Å²) in [6.45, 7) is 8.60. The minimum Gasteiger partial charge on any atom is -0.494 e. The van der Waals surface area contributed by atoms with Crippen LogP contribution in [0.4, 0.5) is 4.39 Å². The Bertz CT molecular complexity index is 452. The Morgan fingerprint density at radius 2 is 1.83 bits per heavy atom. The van der Waals surface area contributed by atoms with Crippen molar-refractivity contribution >= 4 is 5.96 Å². The Morgan fingerprint density at radius 1 is 1.04 bits per heavy atom. The van der Waals surface area contributed by atoms with Crippen LogP contribution >= 0.6 is 0 Å². The molecule has 0 aliphatic carbocycles. The van der Waals surface area contributed by atoms with Crippen LogP contribution in [-0.2, 0) is 4.74 Å². The summed E-state index contributed by atoms with van der Waals surface area (Å²) in [6.07, 6.45) is 2.83. The predicted molar refractivity (Wildman–Crippen MR) is 96.2 cm³/mol. The molecule has 136 valence electrons. The fourth-order valence-corrected chi connectivity index (χ4v) is 2.00. The van der Waals surface area contributed by atoms with Crippen molar-refractivity contribution in [2.75, 3.05) is 39.5 Å². The van der Waals surface area contributed by atoms with Crippen LogP contribution in [0.1, 0.15) is 33.1 Å². The highest BCUT2D eigenvalue weighted by atomic mass is 19.1. The van der Waals surface area contributed by atoms with Gasteiger partial charge in [-0.25, -0.2) is 4.39 Å². The first-order valence-electron chi connectivity index (χ1n) is 8.74. The number of nitrogens with one attached hydrogen (secondary N) is 2. The third-order valence-electron chi connectivity index (χ3n) is 3.21. The molecule has 0 aliphatic heterocycles. The van der Waals surface area contributed by atoms with Gasteiger partial charge in [0.05, 0.1) is 6.61 Å². The van der Waals surface area contributed by atoms with Crippen LogP contribution < -0.4 is 15.4 Å². The van der Waals surface area contributed by atoms with Crippen molar-refractivity contribution in [1.29, 1.82) is 0 Å². The average Bonchev–Trinajstić information content (AvgIpc) is 2.59. The molecule has 0 aliphatic rings. The number of aliphatic imine (C=N–C) groups is 1. The molecule has 5 nitrogen and oxygen atoms in total. The number of guanidine groups is 1. The van der Waals surface area contributed by atoms with Crippen molar-refractivity contribution in [1.82, 2.24) is 10.6 Å². The minimum absolute atomic E-state index is 0.247. The zero-order valence-corrected chi connectivity index (χ0v) is 14.8. The number of nitrogens with zero attached hydrogens (tertiary/aromatic N) is 1. The summed E-state index contributed by atoms with van der Waals surface area (Å²) in [5, 5.41) is 6.54. The summed E-state index contributed by atoms with van der Waals surface area (Å²) in [4.78, 5) is 4.51. The van der Waals surface area contributed by atoms with Gasteiger partial charge in [0, 0.05) is 32.8 Å². The molecule has 0 radical (unpaired) electrons. The smallest absolute Gasteiger partial charge is 0.191 e. The molecule has 0 unspecified atom stereocenters. The topological polar surface area (TPSA) is 54.9 Å². The molecule has 0 spiro atoms. The summed E-state index contributed by atoms with van der Waals surface area (Å²) < 4.78 is 23.6. The highest BCUT2D eigenvalue weighted by molar-refractivity contribution is 5.79. The maximum Gasteiger partial charge on any atom is 0.191 e. The van der Waals surface area contributed by atoms with E-state index >= 15 is 0 Å². The number of benzene rings is 1. The Labute approximate surface area is 144 Å². The lowest BCUT2D eigenvalue weighted by Crippen LogP contribution is -2.38. The van der Waals surface area contributed by atoms with Crippen molar-refractivity contribution in [3.8, 4) is 5.75 Å². The molecule has 1 rings (SSSR count). The summed E-state index contributed by atoms with van der Waals surface area (Å²) in [7, 11) is 0. The van der Waals surface area contributed by atoms with Gasteiger partial charge in [-0.05, 0) is 57.4 Å². The normalized spacial score (nSPS) is 11.4. The van der Waals surface area contributed by atoms with E-state index in [1.54, 1.807) is 12.1 Å². The molecule has 0 bridgehead atoms. The van der Waals surface area contributed by atoms with Gasteiger partial charge in [-0.3, -0.25) is 4.99 Å². The summed E-state index contributed by atoms with van der Waals surface area (Å²) in [5.41, 5.74) is 0. The zero-order valence-electron chi connectivity index (χ0n) is 14.8. The van der Waals surface area contributed by atoms with Crippen LogP contribution in [0.25, 0.3) is 0 Å². The maximum atomic E-state index is 12.8. The monoisotopic (exact) mass is 339 g/mol. The second-order valence-corrected chi connectivity index (χ2v) is 5.25. The van der Waals surface area contributed by atoms with E-state index < -0.39 is 0 Å². The minimum atomic E-state index is -0.247. The van der Waals surface area contributed by atoms with Gasteiger partial charge < -0.3 is 20.1 Å². The highest BCUT2D eigenvalue weighted by Crippen LogP contribution is 2.11. The largest absolute Gasteiger partial charge is 0.494 e. The van der Waals surface area contributed by atoms with Gasteiger partial charge in [-0.2, -0.15) is 0 Å². The van der Waals surface area contributed by atoms with Gasteiger partial charge in [0.2, 0.25) is 0 Å². The van der Waals surface area contributed by atoms with Gasteiger partial charge in [-0.1, -0.05) is 0 Å². The van der Waals surface area contributed by atoms with Gasteiger partial charge in [0.1, 0.15) is 11.6 Å². The second kappa shape index (κ2) is 13.6. The van der Waals surface area contributed by atoms with Crippen molar-refractivity contribution in [3.05, 3.63) is 30.1 Å². The summed E-state index contributed by atoms with van der Waals surface area (Å²) in [6, 6.07) is 6.10. The van der Waals surface area contributed by atoms with Crippen LogP contribution in [0.2, 0.25) is 0 Å². The first-order valence-corrected chi connectivity index (χ1v) is 8.74. The molecule has 0 fully saturated rings. The first kappa shape index (κ1) is 20.2. The lowest BCUT2D eigenvalue weighted by molar-refractivity contribution is 0.146. The Kier molecular flexibility index (Phi) is 11.5. The van der Waals surface area contributed by atoms with Gasteiger partial charge >= 0.3 is 0 Å². The molecule has 0 amide bonds. The van der Waals surface area contributed by atoms with E-state index in [-0.39, 0.29) is 5.82 Å². The van der Waals surface area contributed by atoms with E-state index in [2.05, 4.69) is 15.6 Å². The molecule has 0 aromatic heterocycles. The Balaban J connectivity index is 2.11. The van der Waals surface area contributed by atoms with Crippen LogP contribution in [0.3, 0.4) is 0 Å². The lowest BCUT2D eigenvalue weighted by Gasteiger charge is -2.11. The zero-order chi connectivity index (χ0) is 17.5. The Morgan fingerprint density at radius 3 is 2.54 bits per heavy atom. The number of hydrogen-bond acceptors (Lipinski definition) is 3. The van der Waals surface area contributed by atoms with E-state index in [9.17, 15) is 4.39 Å². The third kappa shape index (κ3) is 10.0. The maximum absolute atomic E-state index is 12.8. The first-order chi connectivity index (χ1) is 11.8. The molecule has 1 aromatic rings. The fourth-order valence-electron chi connectivity index (χ4n) is 2.00. The van der Waals surface area contributed by atoms with Crippen molar-refractivity contribution in [3.63, 3.8) is 0 Å². The predicted octanol–water partition coefficient (Wildman–Crippen LogP) is 2.97. The van der Waals surface area contributed by atoms with Crippen molar-refractivity contribution < 1.29 is 13.9 Å². The number of halogens is 1. The van der Waals surface area contributed by atoms with Crippen molar-refractivity contribution in [2.45, 2.75) is 33.1 Å². The lowest BCUT2D eigenvalue weighted by atomic mass is 10.3. The van der Waals surface area contributed by atoms with Crippen LogP contribution in [0, 0.1) is 5.82 Å². The number of ether oxygens (including phenoxy) is 2. The molecule has 0 atom stereocenters. The van der Waals surface area contributed by atoms with Gasteiger partial charge in [0.15, 0.2) is 5.96 Å². The molecular weight excluding hydrogens is 309 g/mol. The number of unbranched alkanes of at least 4 members (excludes halogenated alkanes) is 1. The molecule has 0 saturated carbocycles. The second-order valence-electron chi connectivity index (χ2n) is 5.25. The average molecular weight is 339 g/mol. The van der Waals surface area contributed by atoms with Gasteiger partial charge in [-0.15, -0.1) is 0 Å². The fraction of sp³-hybridized carbons (Fsp3) is 0.611. The molecule has 0 heterocycles. The number of hydrogen-bond donors (Lipinski definition) is 2. The quantitative estimate of drug-likeness (QED) is 0.349. The van der Waals surface area contributed by atoms with Crippen LogP contribution in [0.15, 0.2) is 29.3 Å². The SMILES string of the molecule is CCNC(=NCCCOCC)NCCCCOc1ccc(F)cc1. The molecule has 24 heavy (non-hydrogen) atoms. The summed E-state index contributed by atoms with van der Waals surface area (Å²) >= 11 is 0. The number of rotatable bonds is 12. The third-order valence-corrected chi connectivity index (χ3v) is 3.21. The molecule has 1 aromatic carbocycles. The Hall–Kier alpha value is -1.82. The standard InChI is InChI=1S/C18H30FN3O2/c1-3-20-18(22-13-7-14-23-4-2)21-12-5-6-15-24-17-10-8-16(19)9-11-17/h8-11H,3-7,12-15H2,1-2H3,(H2,20,21,22). The van der Waals surface area contributed by atoms with Crippen LogP contribution in [-0.4, -0.2) is 45.4 Å². The van der Waals surface area contributed by atoms with Gasteiger partial charge in [0.25, 0.3) is 0 Å². The van der Waals surface area contributed by atoms with E-state index in [1.807, 2.05) is 13.8 Å². The molecule has 2 N–H and O–H groups in total. The van der Waals surface area contributed by atoms with E-state index in [0.717, 1.165) is 58.1 Å². The molecule has 0 saturated heterocycles. The molecular formula is C18H30FN3O2.